The van der Waals surface area contributed by atoms with E-state index in [0.717, 1.165) is 4.57 Å². The Morgan fingerprint density at radius 1 is 0.925 bits per heavy atom. The molecular weight excluding hydrogens is 561 g/mol. The fourth-order valence-electron chi connectivity index (χ4n) is 4.30. The highest BCUT2D eigenvalue weighted by Crippen LogP contribution is 2.24. The van der Waals surface area contributed by atoms with Crippen molar-refractivity contribution < 1.29 is 24.6 Å². The standard InChI is InChI=1S/C28H23Cl2N3O7/c1-32-22-11-7-15(8-12-23(34)35)13-18(22)26(37)33(28(32)40)17-9-5-16(6-10-17)14-21(27(38)39)31-25(36)24-19(29)3-2-4-20(24)30/h2-7,9-11,13,21H,8,12,14H2,1H3,(H,31,36)(H,34,35)(H,38,39)/t21-/m0/s1. The van der Waals surface area contributed by atoms with Crippen molar-refractivity contribution >= 4 is 52.0 Å². The average molecular weight is 584 g/mol. The smallest absolute Gasteiger partial charge is 0.335 e. The predicted molar refractivity (Wildman–Crippen MR) is 150 cm³/mol. The van der Waals surface area contributed by atoms with E-state index in [1.54, 1.807) is 36.4 Å². The van der Waals surface area contributed by atoms with Crippen molar-refractivity contribution in [1.29, 1.82) is 0 Å². The lowest BCUT2D eigenvalue weighted by Gasteiger charge is -2.16. The maximum atomic E-state index is 13.3. The number of hydrogen-bond donors (Lipinski definition) is 3. The van der Waals surface area contributed by atoms with E-state index in [0.29, 0.717) is 16.6 Å². The topological polar surface area (TPSA) is 148 Å². The summed E-state index contributed by atoms with van der Waals surface area (Å²) in [5.74, 6) is -2.98. The maximum absolute atomic E-state index is 13.3. The third-order valence-electron chi connectivity index (χ3n) is 6.39. The lowest BCUT2D eigenvalue weighted by Crippen LogP contribution is -2.42. The van der Waals surface area contributed by atoms with Gasteiger partial charge in [-0.3, -0.25) is 19.0 Å². The first-order valence-electron chi connectivity index (χ1n) is 12.0. The first-order chi connectivity index (χ1) is 19.0. The van der Waals surface area contributed by atoms with Crippen molar-refractivity contribution in [1.82, 2.24) is 14.5 Å². The minimum Gasteiger partial charge on any atom is -0.481 e. The van der Waals surface area contributed by atoms with Gasteiger partial charge in [0.15, 0.2) is 0 Å². The molecule has 12 heteroatoms. The summed E-state index contributed by atoms with van der Waals surface area (Å²) in [5, 5.41) is 21.5. The van der Waals surface area contributed by atoms with Crippen LogP contribution in [0.2, 0.25) is 10.0 Å². The molecule has 0 unspecified atom stereocenters. The molecule has 0 saturated carbocycles. The molecule has 1 atom stereocenters. The van der Waals surface area contributed by atoms with Crippen molar-refractivity contribution in [3.8, 4) is 5.69 Å². The van der Waals surface area contributed by atoms with Crippen LogP contribution in [0.15, 0.2) is 70.3 Å². The van der Waals surface area contributed by atoms with Crippen LogP contribution in [0.5, 0.6) is 0 Å². The number of benzene rings is 3. The van der Waals surface area contributed by atoms with Gasteiger partial charge in [-0.25, -0.2) is 14.2 Å². The Balaban J connectivity index is 1.62. The monoisotopic (exact) mass is 583 g/mol. The number of amides is 1. The molecule has 0 fully saturated rings. The first kappa shape index (κ1) is 28.6. The van der Waals surface area contributed by atoms with Gasteiger partial charge in [-0.15, -0.1) is 0 Å². The molecule has 40 heavy (non-hydrogen) atoms. The SMILES string of the molecule is Cn1c(=O)n(-c2ccc(C[C@H](NC(=O)c3c(Cl)cccc3Cl)C(=O)O)cc2)c(=O)c2cc(CCC(=O)O)ccc21. The number of carbonyl (C=O) groups is 3. The van der Waals surface area contributed by atoms with Gasteiger partial charge < -0.3 is 15.5 Å². The maximum Gasteiger partial charge on any atom is 0.335 e. The van der Waals surface area contributed by atoms with E-state index in [4.69, 9.17) is 28.3 Å². The minimum atomic E-state index is -1.31. The number of aliphatic carboxylic acids is 2. The summed E-state index contributed by atoms with van der Waals surface area (Å²) in [6.07, 6.45) is 0.0311. The molecule has 3 aromatic carbocycles. The summed E-state index contributed by atoms with van der Waals surface area (Å²) < 4.78 is 2.31. The number of aromatic nitrogens is 2. The Morgan fingerprint density at radius 2 is 1.55 bits per heavy atom. The van der Waals surface area contributed by atoms with Crippen molar-refractivity contribution in [3.05, 3.63) is 108 Å². The van der Waals surface area contributed by atoms with Crippen LogP contribution in [-0.4, -0.2) is 43.2 Å². The van der Waals surface area contributed by atoms with E-state index in [1.807, 2.05) is 0 Å². The summed E-state index contributed by atoms with van der Waals surface area (Å²) in [6.45, 7) is 0. The molecule has 0 aliphatic heterocycles. The largest absolute Gasteiger partial charge is 0.481 e. The van der Waals surface area contributed by atoms with Gasteiger partial charge in [0.05, 0.1) is 32.2 Å². The van der Waals surface area contributed by atoms with Gasteiger partial charge in [0.1, 0.15) is 6.04 Å². The van der Waals surface area contributed by atoms with Gasteiger partial charge in [-0.2, -0.15) is 0 Å². The lowest BCUT2D eigenvalue weighted by molar-refractivity contribution is -0.139. The second-order valence-electron chi connectivity index (χ2n) is 9.06. The normalized spacial score (nSPS) is 11.8. The molecule has 1 aromatic heterocycles. The number of nitrogens with zero attached hydrogens (tertiary/aromatic N) is 2. The molecule has 1 amide bonds. The molecule has 4 rings (SSSR count). The molecular formula is C28H23Cl2N3O7. The molecule has 0 aliphatic carbocycles. The van der Waals surface area contributed by atoms with Crippen molar-refractivity contribution in [3.63, 3.8) is 0 Å². The third kappa shape index (κ3) is 5.93. The molecule has 0 radical (unpaired) electrons. The molecule has 206 valence electrons. The number of halogens is 2. The van der Waals surface area contributed by atoms with E-state index in [1.165, 1.54) is 35.9 Å². The highest BCUT2D eigenvalue weighted by molar-refractivity contribution is 6.39. The fraction of sp³-hybridized carbons (Fsp3) is 0.179. The van der Waals surface area contributed by atoms with Gasteiger partial charge >= 0.3 is 17.6 Å². The molecule has 0 aliphatic rings. The van der Waals surface area contributed by atoms with Gasteiger partial charge in [0, 0.05) is 19.9 Å². The third-order valence-corrected chi connectivity index (χ3v) is 7.02. The first-order valence-corrected chi connectivity index (χ1v) is 12.8. The van der Waals surface area contributed by atoms with Crippen LogP contribution in [0.3, 0.4) is 0 Å². The zero-order valence-corrected chi connectivity index (χ0v) is 22.6. The van der Waals surface area contributed by atoms with Crippen LogP contribution in [0, 0.1) is 0 Å². The number of fused-ring (bicyclic) bond motifs is 1. The van der Waals surface area contributed by atoms with Crippen LogP contribution < -0.4 is 16.6 Å². The van der Waals surface area contributed by atoms with Crippen molar-refractivity contribution in [2.24, 2.45) is 7.05 Å². The van der Waals surface area contributed by atoms with E-state index in [-0.39, 0.29) is 45.9 Å². The average Bonchev–Trinajstić information content (AvgIpc) is 2.91. The molecule has 10 nitrogen and oxygen atoms in total. The van der Waals surface area contributed by atoms with Crippen LogP contribution in [-0.2, 0) is 29.5 Å². The Hall–Kier alpha value is -4.41. The van der Waals surface area contributed by atoms with E-state index >= 15 is 0 Å². The lowest BCUT2D eigenvalue weighted by atomic mass is 10.0. The minimum absolute atomic E-state index is 0.0370. The zero-order valence-electron chi connectivity index (χ0n) is 21.1. The second-order valence-corrected chi connectivity index (χ2v) is 9.87. The van der Waals surface area contributed by atoms with Crippen molar-refractivity contribution in [2.75, 3.05) is 0 Å². The number of hydrogen-bond acceptors (Lipinski definition) is 5. The molecule has 3 N–H and O–H groups in total. The Labute approximate surface area is 237 Å². The molecule has 4 aromatic rings. The summed E-state index contributed by atoms with van der Waals surface area (Å²) in [6, 6.07) is 14.2. The second kappa shape index (κ2) is 11.8. The Kier molecular flexibility index (Phi) is 8.41. The fourth-order valence-corrected chi connectivity index (χ4v) is 4.87. The molecule has 1 heterocycles. The van der Waals surface area contributed by atoms with E-state index in [9.17, 15) is 29.1 Å². The van der Waals surface area contributed by atoms with Crippen LogP contribution >= 0.6 is 23.2 Å². The van der Waals surface area contributed by atoms with Crippen molar-refractivity contribution in [2.45, 2.75) is 25.3 Å². The quantitative estimate of drug-likeness (QED) is 0.273. The number of rotatable bonds is 9. The van der Waals surface area contributed by atoms with Crippen LogP contribution in [0.4, 0.5) is 0 Å². The summed E-state index contributed by atoms with van der Waals surface area (Å²) in [7, 11) is 1.53. The number of carbonyl (C=O) groups excluding carboxylic acids is 1. The summed E-state index contributed by atoms with van der Waals surface area (Å²) >= 11 is 12.1. The molecule has 0 spiro atoms. The zero-order chi connectivity index (χ0) is 29.1. The highest BCUT2D eigenvalue weighted by Gasteiger charge is 2.24. The summed E-state index contributed by atoms with van der Waals surface area (Å²) in [4.78, 5) is 61.9. The summed E-state index contributed by atoms with van der Waals surface area (Å²) in [5.41, 5.74) is 0.624. The van der Waals surface area contributed by atoms with E-state index in [2.05, 4.69) is 5.32 Å². The highest BCUT2D eigenvalue weighted by atomic mass is 35.5. The predicted octanol–water partition coefficient (Wildman–Crippen LogP) is 3.44. The number of nitrogens with one attached hydrogen (secondary N) is 1. The van der Waals surface area contributed by atoms with Crippen LogP contribution in [0.1, 0.15) is 27.9 Å². The van der Waals surface area contributed by atoms with Gasteiger partial charge in [0.2, 0.25) is 0 Å². The molecule has 0 saturated heterocycles. The number of carboxylic acids is 2. The van der Waals surface area contributed by atoms with E-state index < -0.39 is 35.1 Å². The van der Waals surface area contributed by atoms with Crippen LogP contribution in [0.25, 0.3) is 16.6 Å². The van der Waals surface area contributed by atoms with Gasteiger partial charge in [-0.05, 0) is 53.9 Å². The number of carboxylic acid groups (broad SMARTS) is 2. The van der Waals surface area contributed by atoms with Gasteiger partial charge in [-0.1, -0.05) is 47.5 Å². The Bertz CT molecular complexity index is 1740. The van der Waals surface area contributed by atoms with Gasteiger partial charge in [0.25, 0.3) is 11.5 Å². The molecule has 0 bridgehead atoms. The Morgan fingerprint density at radius 3 is 2.15 bits per heavy atom. The number of aryl methyl sites for hydroxylation is 2.